The normalized spacial score (nSPS) is 18.7. The molecule has 5 nitrogen and oxygen atoms in total. The zero-order valence-electron chi connectivity index (χ0n) is 13.9. The number of benzene rings is 1. The monoisotopic (exact) mass is 325 g/mol. The summed E-state index contributed by atoms with van der Waals surface area (Å²) < 4.78 is 5.45. The van der Waals surface area contributed by atoms with Gasteiger partial charge in [0.1, 0.15) is 0 Å². The molecule has 5 heteroatoms. The molecule has 1 saturated heterocycles. The van der Waals surface area contributed by atoms with Crippen LogP contribution in [0.5, 0.6) is 0 Å². The molecule has 126 valence electrons. The largest absolute Gasteiger partial charge is 0.339 e. The van der Waals surface area contributed by atoms with Crippen LogP contribution >= 0.6 is 0 Å². The lowest BCUT2D eigenvalue weighted by molar-refractivity contribution is -0.128. The number of carbonyl (C=O) groups excluding carboxylic acids is 1. The van der Waals surface area contributed by atoms with Gasteiger partial charge >= 0.3 is 0 Å². The lowest BCUT2D eigenvalue weighted by Crippen LogP contribution is -2.23. The number of aromatic nitrogens is 2. The van der Waals surface area contributed by atoms with Gasteiger partial charge in [0.25, 0.3) is 0 Å². The van der Waals surface area contributed by atoms with Gasteiger partial charge in [-0.05, 0) is 36.8 Å². The second-order valence-corrected chi connectivity index (χ2v) is 6.99. The number of carbonyl (C=O) groups is 1. The molecule has 0 spiro atoms. The van der Waals surface area contributed by atoms with Crippen molar-refractivity contribution in [3.8, 4) is 11.4 Å². The van der Waals surface area contributed by atoms with E-state index in [9.17, 15) is 4.79 Å². The Morgan fingerprint density at radius 1 is 1.21 bits per heavy atom. The fourth-order valence-electron chi connectivity index (χ4n) is 3.82. The fourth-order valence-corrected chi connectivity index (χ4v) is 3.82. The Morgan fingerprint density at radius 3 is 2.88 bits per heavy atom. The highest BCUT2D eigenvalue weighted by atomic mass is 16.5. The molecule has 2 fully saturated rings. The summed E-state index contributed by atoms with van der Waals surface area (Å²) in [6.07, 6.45) is 7.73. The molecule has 0 radical (unpaired) electrons. The Labute approximate surface area is 142 Å². The molecule has 1 aliphatic carbocycles. The van der Waals surface area contributed by atoms with Gasteiger partial charge in [-0.15, -0.1) is 0 Å². The summed E-state index contributed by atoms with van der Waals surface area (Å²) >= 11 is 0. The van der Waals surface area contributed by atoms with Crippen LogP contribution in [0.25, 0.3) is 11.4 Å². The molecular weight excluding hydrogens is 302 g/mol. The molecule has 2 aromatic rings. The van der Waals surface area contributed by atoms with Crippen LogP contribution in [-0.2, 0) is 17.8 Å². The number of likely N-dealkylation sites (tertiary alicyclic amines) is 1. The highest BCUT2D eigenvalue weighted by molar-refractivity contribution is 5.78. The average molecular weight is 325 g/mol. The third kappa shape index (κ3) is 3.35. The van der Waals surface area contributed by atoms with Gasteiger partial charge < -0.3 is 9.42 Å². The minimum absolute atomic E-state index is 0.249. The van der Waals surface area contributed by atoms with E-state index in [4.69, 9.17) is 4.52 Å². The molecule has 1 aromatic heterocycles. The molecule has 4 rings (SSSR count). The van der Waals surface area contributed by atoms with E-state index in [0.717, 1.165) is 36.4 Å². The smallest absolute Gasteiger partial charge is 0.227 e. The molecule has 1 saturated carbocycles. The molecule has 0 N–H and O–H groups in total. The molecule has 2 aliphatic rings. The highest BCUT2D eigenvalue weighted by Crippen LogP contribution is 2.28. The second-order valence-electron chi connectivity index (χ2n) is 6.99. The number of amides is 1. The number of hydrogen-bond donors (Lipinski definition) is 0. The Kier molecular flexibility index (Phi) is 4.32. The predicted octanol–water partition coefficient (Wildman–Crippen LogP) is 3.59. The molecule has 0 unspecified atom stereocenters. The summed E-state index contributed by atoms with van der Waals surface area (Å²) in [5.41, 5.74) is 2.07. The first-order valence-corrected chi connectivity index (χ1v) is 8.97. The fraction of sp³-hybridized carbons (Fsp3) is 0.526. The lowest BCUT2D eigenvalue weighted by Gasteiger charge is -2.15. The SMILES string of the molecule is O=C1CCCN1Cc1cccc(-c2noc(CC3CCCC3)n2)c1. The van der Waals surface area contributed by atoms with Gasteiger partial charge in [-0.2, -0.15) is 4.98 Å². The summed E-state index contributed by atoms with van der Waals surface area (Å²) in [4.78, 5) is 18.3. The maximum absolute atomic E-state index is 11.8. The van der Waals surface area contributed by atoms with Crippen LogP contribution in [-0.4, -0.2) is 27.5 Å². The molecule has 0 atom stereocenters. The van der Waals surface area contributed by atoms with Gasteiger partial charge in [-0.3, -0.25) is 4.79 Å². The van der Waals surface area contributed by atoms with Crippen molar-refractivity contribution in [3.05, 3.63) is 35.7 Å². The van der Waals surface area contributed by atoms with Crippen LogP contribution in [0.2, 0.25) is 0 Å². The van der Waals surface area contributed by atoms with Gasteiger partial charge in [0.15, 0.2) is 0 Å². The van der Waals surface area contributed by atoms with E-state index in [1.54, 1.807) is 0 Å². The maximum Gasteiger partial charge on any atom is 0.227 e. The molecule has 1 aromatic carbocycles. The van der Waals surface area contributed by atoms with Gasteiger partial charge in [0.05, 0.1) is 0 Å². The van der Waals surface area contributed by atoms with E-state index in [-0.39, 0.29) is 5.91 Å². The summed E-state index contributed by atoms with van der Waals surface area (Å²) in [5.74, 6) is 2.35. The Bertz CT molecular complexity index is 719. The summed E-state index contributed by atoms with van der Waals surface area (Å²) in [6.45, 7) is 1.52. The van der Waals surface area contributed by atoms with E-state index < -0.39 is 0 Å². The zero-order chi connectivity index (χ0) is 16.4. The molecule has 2 heterocycles. The van der Waals surface area contributed by atoms with E-state index in [1.807, 2.05) is 17.0 Å². The van der Waals surface area contributed by atoms with Crippen molar-refractivity contribution < 1.29 is 9.32 Å². The van der Waals surface area contributed by atoms with E-state index >= 15 is 0 Å². The van der Waals surface area contributed by atoms with Gasteiger partial charge in [0, 0.05) is 31.5 Å². The Balaban J connectivity index is 1.46. The van der Waals surface area contributed by atoms with Crippen molar-refractivity contribution in [2.75, 3.05) is 6.54 Å². The van der Waals surface area contributed by atoms with Gasteiger partial charge in [-0.1, -0.05) is 36.2 Å². The standard InChI is InChI=1S/C19H23N3O2/c23-18-9-4-10-22(18)13-15-7-3-8-16(11-15)19-20-17(24-21-19)12-14-5-1-2-6-14/h3,7-8,11,14H,1-2,4-6,9-10,12-13H2. The molecule has 1 aliphatic heterocycles. The first kappa shape index (κ1) is 15.4. The van der Waals surface area contributed by atoms with Crippen molar-refractivity contribution in [2.45, 2.75) is 51.5 Å². The third-order valence-electron chi connectivity index (χ3n) is 5.14. The van der Waals surface area contributed by atoms with Crippen molar-refractivity contribution >= 4 is 5.91 Å². The number of nitrogens with zero attached hydrogens (tertiary/aromatic N) is 3. The number of hydrogen-bond acceptors (Lipinski definition) is 4. The van der Waals surface area contributed by atoms with Crippen molar-refractivity contribution in [2.24, 2.45) is 5.92 Å². The lowest BCUT2D eigenvalue weighted by atomic mass is 10.0. The van der Waals surface area contributed by atoms with Crippen LogP contribution in [0.4, 0.5) is 0 Å². The van der Waals surface area contributed by atoms with Crippen LogP contribution < -0.4 is 0 Å². The van der Waals surface area contributed by atoms with Crippen LogP contribution in [0.1, 0.15) is 50.0 Å². The summed E-state index contributed by atoms with van der Waals surface area (Å²) in [6, 6.07) is 8.11. The topological polar surface area (TPSA) is 59.2 Å². The van der Waals surface area contributed by atoms with E-state index in [0.29, 0.717) is 24.7 Å². The van der Waals surface area contributed by atoms with Crippen LogP contribution in [0.3, 0.4) is 0 Å². The minimum Gasteiger partial charge on any atom is -0.339 e. The Hall–Kier alpha value is -2.17. The Morgan fingerprint density at radius 2 is 2.08 bits per heavy atom. The van der Waals surface area contributed by atoms with Crippen LogP contribution in [0.15, 0.2) is 28.8 Å². The van der Waals surface area contributed by atoms with E-state index in [2.05, 4.69) is 22.3 Å². The summed E-state index contributed by atoms with van der Waals surface area (Å²) in [7, 11) is 0. The second kappa shape index (κ2) is 6.75. The first-order valence-electron chi connectivity index (χ1n) is 8.97. The van der Waals surface area contributed by atoms with Crippen molar-refractivity contribution in [1.82, 2.24) is 15.0 Å². The van der Waals surface area contributed by atoms with Crippen molar-refractivity contribution in [3.63, 3.8) is 0 Å². The van der Waals surface area contributed by atoms with Gasteiger partial charge in [-0.25, -0.2) is 0 Å². The molecular formula is C19H23N3O2. The maximum atomic E-state index is 11.8. The average Bonchev–Trinajstić information content (AvgIpc) is 3.33. The van der Waals surface area contributed by atoms with E-state index in [1.165, 1.54) is 25.7 Å². The first-order chi connectivity index (χ1) is 11.8. The zero-order valence-corrected chi connectivity index (χ0v) is 13.9. The predicted molar refractivity (Wildman–Crippen MR) is 90.0 cm³/mol. The minimum atomic E-state index is 0.249. The molecule has 1 amide bonds. The molecule has 0 bridgehead atoms. The van der Waals surface area contributed by atoms with Gasteiger partial charge in [0.2, 0.25) is 17.6 Å². The third-order valence-corrected chi connectivity index (χ3v) is 5.14. The summed E-state index contributed by atoms with van der Waals surface area (Å²) in [5, 5.41) is 4.15. The number of rotatable bonds is 5. The van der Waals surface area contributed by atoms with Crippen LogP contribution in [0, 0.1) is 5.92 Å². The van der Waals surface area contributed by atoms with Crippen molar-refractivity contribution in [1.29, 1.82) is 0 Å². The quantitative estimate of drug-likeness (QED) is 0.843. The highest BCUT2D eigenvalue weighted by Gasteiger charge is 2.21. The molecule has 24 heavy (non-hydrogen) atoms.